The standard InChI is InChI=1S/C22H31N4O2P/c27-29(28,19-23-11-15-25(16-12-23)21-7-3-1-4-8-21)20-24-13-17-26(18-14-24)22-9-5-2-6-10-22/h1-10H,11-20H2,(H,27,28). The lowest BCUT2D eigenvalue weighted by Crippen LogP contribution is -2.48. The monoisotopic (exact) mass is 414 g/mol. The van der Waals surface area contributed by atoms with Crippen LogP contribution in [0.1, 0.15) is 0 Å². The van der Waals surface area contributed by atoms with Crippen molar-refractivity contribution in [1.29, 1.82) is 0 Å². The summed E-state index contributed by atoms with van der Waals surface area (Å²) in [6.45, 7) is 6.95. The molecule has 0 aromatic heterocycles. The molecule has 2 saturated heterocycles. The van der Waals surface area contributed by atoms with Crippen LogP contribution in [0.5, 0.6) is 0 Å². The fourth-order valence-corrected chi connectivity index (χ4v) is 6.15. The SMILES string of the molecule is O=P(O)(CN1CCN(c2ccccc2)CC1)CN1CCN(c2ccccc2)CC1. The van der Waals surface area contributed by atoms with Gasteiger partial charge in [0.2, 0.25) is 7.37 Å². The molecule has 0 amide bonds. The molecule has 0 bridgehead atoms. The van der Waals surface area contributed by atoms with Crippen molar-refractivity contribution in [3.63, 3.8) is 0 Å². The van der Waals surface area contributed by atoms with E-state index in [4.69, 9.17) is 0 Å². The average molecular weight is 414 g/mol. The Labute approximate surface area is 173 Å². The molecular weight excluding hydrogens is 383 g/mol. The number of anilines is 2. The van der Waals surface area contributed by atoms with Gasteiger partial charge in [-0.1, -0.05) is 36.4 Å². The van der Waals surface area contributed by atoms with Crippen molar-refractivity contribution >= 4 is 18.7 Å². The first-order valence-electron chi connectivity index (χ1n) is 10.4. The second-order valence-electron chi connectivity index (χ2n) is 8.01. The third-order valence-corrected chi connectivity index (χ3v) is 7.51. The van der Waals surface area contributed by atoms with Crippen LogP contribution in [0.4, 0.5) is 11.4 Å². The summed E-state index contributed by atoms with van der Waals surface area (Å²) in [4.78, 5) is 19.6. The summed E-state index contributed by atoms with van der Waals surface area (Å²) < 4.78 is 12.9. The average Bonchev–Trinajstić information content (AvgIpc) is 2.75. The molecule has 2 aliphatic heterocycles. The summed E-state index contributed by atoms with van der Waals surface area (Å²) in [6.07, 6.45) is 0.600. The zero-order valence-corrected chi connectivity index (χ0v) is 17.8. The van der Waals surface area contributed by atoms with Crippen molar-refractivity contribution in [3.8, 4) is 0 Å². The molecule has 0 radical (unpaired) electrons. The second-order valence-corrected chi connectivity index (χ2v) is 10.3. The van der Waals surface area contributed by atoms with Gasteiger partial charge in [-0.05, 0) is 24.3 Å². The maximum atomic E-state index is 12.9. The molecule has 1 N–H and O–H groups in total. The Bertz CT molecular complexity index is 739. The van der Waals surface area contributed by atoms with Crippen LogP contribution in [0.2, 0.25) is 0 Å². The van der Waals surface area contributed by atoms with Gasteiger partial charge in [0.05, 0.1) is 12.6 Å². The molecule has 2 aliphatic rings. The van der Waals surface area contributed by atoms with E-state index in [2.05, 4.69) is 68.1 Å². The van der Waals surface area contributed by atoms with E-state index in [1.165, 1.54) is 11.4 Å². The highest BCUT2D eigenvalue weighted by Crippen LogP contribution is 2.42. The number of piperazine rings is 2. The third-order valence-electron chi connectivity index (χ3n) is 5.83. The molecule has 0 spiro atoms. The minimum atomic E-state index is -3.20. The minimum absolute atomic E-state index is 0.300. The molecule has 156 valence electrons. The summed E-state index contributed by atoms with van der Waals surface area (Å²) in [5, 5.41) is 0. The number of hydrogen-bond acceptors (Lipinski definition) is 5. The molecule has 7 heteroatoms. The van der Waals surface area contributed by atoms with Crippen LogP contribution in [-0.2, 0) is 4.57 Å². The maximum Gasteiger partial charge on any atom is 0.227 e. The first-order valence-corrected chi connectivity index (χ1v) is 12.5. The van der Waals surface area contributed by atoms with Gasteiger partial charge in [-0.2, -0.15) is 0 Å². The third kappa shape index (κ3) is 5.61. The van der Waals surface area contributed by atoms with Crippen molar-refractivity contribution in [2.45, 2.75) is 0 Å². The Kier molecular flexibility index (Phi) is 6.56. The van der Waals surface area contributed by atoms with Crippen molar-refractivity contribution in [3.05, 3.63) is 60.7 Å². The first-order chi connectivity index (χ1) is 14.1. The van der Waals surface area contributed by atoms with Gasteiger partial charge in [-0.15, -0.1) is 0 Å². The largest absolute Gasteiger partial charge is 0.369 e. The van der Waals surface area contributed by atoms with Crippen LogP contribution in [0, 0.1) is 0 Å². The Balaban J connectivity index is 1.22. The van der Waals surface area contributed by atoms with E-state index in [1.807, 2.05) is 12.1 Å². The Morgan fingerprint density at radius 1 is 0.621 bits per heavy atom. The smallest absolute Gasteiger partial charge is 0.227 e. The predicted molar refractivity (Wildman–Crippen MR) is 120 cm³/mol. The fourth-order valence-electron chi connectivity index (χ4n) is 4.24. The van der Waals surface area contributed by atoms with E-state index < -0.39 is 7.37 Å². The topological polar surface area (TPSA) is 50.3 Å². The molecule has 0 aliphatic carbocycles. The maximum absolute atomic E-state index is 12.9. The van der Waals surface area contributed by atoms with E-state index in [9.17, 15) is 9.46 Å². The molecular formula is C22H31N4O2P. The molecule has 6 nitrogen and oxygen atoms in total. The summed E-state index contributed by atoms with van der Waals surface area (Å²) in [5.74, 6) is 0. The van der Waals surface area contributed by atoms with Crippen molar-refractivity contribution < 1.29 is 9.46 Å². The van der Waals surface area contributed by atoms with Gasteiger partial charge in [0.1, 0.15) is 0 Å². The molecule has 0 unspecified atom stereocenters. The van der Waals surface area contributed by atoms with Gasteiger partial charge in [0, 0.05) is 63.7 Å². The van der Waals surface area contributed by atoms with Gasteiger partial charge in [-0.25, -0.2) is 0 Å². The fraction of sp³-hybridized carbons (Fsp3) is 0.455. The van der Waals surface area contributed by atoms with E-state index in [0.29, 0.717) is 12.6 Å². The predicted octanol–water partition coefficient (Wildman–Crippen LogP) is 2.82. The van der Waals surface area contributed by atoms with E-state index in [0.717, 1.165) is 52.4 Å². The summed E-state index contributed by atoms with van der Waals surface area (Å²) >= 11 is 0. The molecule has 4 rings (SSSR count). The zero-order chi connectivity index (χ0) is 20.1. The lowest BCUT2D eigenvalue weighted by molar-refractivity contribution is 0.261. The highest BCUT2D eigenvalue weighted by atomic mass is 31.2. The number of hydrogen-bond donors (Lipinski definition) is 1. The second kappa shape index (κ2) is 9.31. The Morgan fingerprint density at radius 3 is 1.31 bits per heavy atom. The first kappa shape index (κ1) is 20.4. The van der Waals surface area contributed by atoms with Crippen LogP contribution in [0.25, 0.3) is 0 Å². The van der Waals surface area contributed by atoms with Crippen molar-refractivity contribution in [1.82, 2.24) is 9.80 Å². The van der Waals surface area contributed by atoms with Crippen LogP contribution >= 0.6 is 7.37 Å². The van der Waals surface area contributed by atoms with E-state index in [1.54, 1.807) is 0 Å². The quantitative estimate of drug-likeness (QED) is 0.734. The van der Waals surface area contributed by atoms with Crippen LogP contribution < -0.4 is 9.80 Å². The normalized spacial score (nSPS) is 19.5. The van der Waals surface area contributed by atoms with Crippen molar-refractivity contribution in [2.24, 2.45) is 0 Å². The Morgan fingerprint density at radius 2 is 0.966 bits per heavy atom. The van der Waals surface area contributed by atoms with Crippen LogP contribution in [0.15, 0.2) is 60.7 Å². The van der Waals surface area contributed by atoms with Gasteiger partial charge < -0.3 is 14.7 Å². The lowest BCUT2D eigenvalue weighted by atomic mass is 10.2. The molecule has 2 fully saturated rings. The summed E-state index contributed by atoms with van der Waals surface area (Å²) in [5.41, 5.74) is 2.46. The van der Waals surface area contributed by atoms with Crippen LogP contribution in [-0.4, -0.2) is 79.6 Å². The summed E-state index contributed by atoms with van der Waals surface area (Å²) in [6, 6.07) is 20.8. The number of benzene rings is 2. The summed E-state index contributed by atoms with van der Waals surface area (Å²) in [7, 11) is -3.20. The molecule has 29 heavy (non-hydrogen) atoms. The van der Waals surface area contributed by atoms with Gasteiger partial charge >= 0.3 is 0 Å². The molecule has 0 atom stereocenters. The number of para-hydroxylation sites is 2. The van der Waals surface area contributed by atoms with Crippen LogP contribution in [0.3, 0.4) is 0 Å². The van der Waals surface area contributed by atoms with E-state index >= 15 is 0 Å². The molecule has 2 heterocycles. The van der Waals surface area contributed by atoms with Crippen molar-refractivity contribution in [2.75, 3.05) is 74.7 Å². The van der Waals surface area contributed by atoms with Gasteiger partial charge in [-0.3, -0.25) is 14.4 Å². The molecule has 0 saturated carbocycles. The molecule has 2 aromatic rings. The molecule has 2 aromatic carbocycles. The zero-order valence-electron chi connectivity index (χ0n) is 16.9. The van der Waals surface area contributed by atoms with E-state index in [-0.39, 0.29) is 0 Å². The van der Waals surface area contributed by atoms with Gasteiger partial charge in [0.15, 0.2) is 0 Å². The lowest BCUT2D eigenvalue weighted by Gasteiger charge is -2.39. The number of nitrogens with zero attached hydrogens (tertiary/aromatic N) is 4. The highest BCUT2D eigenvalue weighted by Gasteiger charge is 2.29. The number of rotatable bonds is 6. The van der Waals surface area contributed by atoms with Gasteiger partial charge in [0.25, 0.3) is 0 Å². The minimum Gasteiger partial charge on any atom is -0.369 e. The highest BCUT2D eigenvalue weighted by molar-refractivity contribution is 7.57. The Hall–Kier alpha value is -1.85.